The van der Waals surface area contributed by atoms with Gasteiger partial charge < -0.3 is 10.8 Å². The third-order valence-electron chi connectivity index (χ3n) is 3.79. The van der Waals surface area contributed by atoms with Crippen molar-refractivity contribution in [1.29, 1.82) is 0 Å². The maximum absolute atomic E-state index is 11.2. The molecule has 1 heterocycles. The fourth-order valence-corrected chi connectivity index (χ4v) is 2.81. The largest absolute Gasteiger partial charge is 0.396 e. The lowest BCUT2D eigenvalue weighted by molar-refractivity contribution is 0.1000. The Labute approximate surface area is 114 Å². The number of carbonyl (C=O) groups is 1. The molecule has 1 fully saturated rings. The normalized spacial score (nSPS) is 19.7. The molecule has 2 rings (SSSR count). The van der Waals surface area contributed by atoms with Crippen LogP contribution in [0, 0.1) is 0 Å². The molecule has 1 unspecified atom stereocenters. The van der Waals surface area contributed by atoms with E-state index in [4.69, 9.17) is 10.8 Å². The first-order chi connectivity index (χ1) is 9.20. The minimum atomic E-state index is -0.375. The summed E-state index contributed by atoms with van der Waals surface area (Å²) in [5.41, 5.74) is 7.01. The Hall–Kier alpha value is -1.39. The quantitative estimate of drug-likeness (QED) is 0.817. The van der Waals surface area contributed by atoms with Crippen LogP contribution in [0.4, 0.5) is 0 Å². The molecule has 0 aliphatic carbocycles. The zero-order chi connectivity index (χ0) is 13.7. The first kappa shape index (κ1) is 14.0. The topological polar surface area (TPSA) is 66.6 Å². The Morgan fingerprint density at radius 3 is 3.05 bits per heavy atom. The Bertz CT molecular complexity index is 434. The number of hydrogen-bond donors (Lipinski definition) is 2. The number of primary amides is 1. The van der Waals surface area contributed by atoms with Crippen LogP contribution >= 0.6 is 0 Å². The molecule has 1 saturated heterocycles. The van der Waals surface area contributed by atoms with Gasteiger partial charge in [-0.05, 0) is 49.9 Å². The van der Waals surface area contributed by atoms with Crippen LogP contribution in [0.2, 0.25) is 0 Å². The second kappa shape index (κ2) is 6.68. The molecule has 1 aliphatic heterocycles. The van der Waals surface area contributed by atoms with Crippen LogP contribution in [-0.2, 0) is 6.54 Å². The summed E-state index contributed by atoms with van der Waals surface area (Å²) in [5, 5.41) is 8.93. The number of carbonyl (C=O) groups excluding carboxylic acids is 1. The SMILES string of the molecule is NC(=O)c1cccc(CN2CCCC2CCCO)c1. The highest BCUT2D eigenvalue weighted by Crippen LogP contribution is 2.23. The molecule has 1 aliphatic rings. The van der Waals surface area contributed by atoms with E-state index in [1.807, 2.05) is 18.2 Å². The molecule has 1 amide bonds. The van der Waals surface area contributed by atoms with Crippen LogP contribution < -0.4 is 5.73 Å². The number of benzene rings is 1. The van der Waals surface area contributed by atoms with Crippen molar-refractivity contribution in [3.05, 3.63) is 35.4 Å². The summed E-state index contributed by atoms with van der Waals surface area (Å²) in [6.45, 7) is 2.22. The number of likely N-dealkylation sites (tertiary alicyclic amines) is 1. The smallest absolute Gasteiger partial charge is 0.248 e. The van der Waals surface area contributed by atoms with Gasteiger partial charge in [0.15, 0.2) is 0 Å². The maximum Gasteiger partial charge on any atom is 0.248 e. The van der Waals surface area contributed by atoms with Crippen LogP contribution in [0.5, 0.6) is 0 Å². The molecule has 4 nitrogen and oxygen atoms in total. The molecule has 1 aromatic carbocycles. The molecular weight excluding hydrogens is 240 g/mol. The molecule has 4 heteroatoms. The van der Waals surface area contributed by atoms with Crippen LogP contribution in [-0.4, -0.2) is 35.1 Å². The molecule has 19 heavy (non-hydrogen) atoms. The second-order valence-corrected chi connectivity index (χ2v) is 5.20. The lowest BCUT2D eigenvalue weighted by Gasteiger charge is -2.24. The lowest BCUT2D eigenvalue weighted by Crippen LogP contribution is -2.29. The summed E-state index contributed by atoms with van der Waals surface area (Å²) < 4.78 is 0. The number of rotatable bonds is 6. The van der Waals surface area contributed by atoms with E-state index in [1.165, 1.54) is 12.8 Å². The van der Waals surface area contributed by atoms with Gasteiger partial charge in [0.05, 0.1) is 0 Å². The average molecular weight is 262 g/mol. The fourth-order valence-electron chi connectivity index (χ4n) is 2.81. The van der Waals surface area contributed by atoms with Crippen molar-refractivity contribution < 1.29 is 9.90 Å². The number of nitrogens with zero attached hydrogens (tertiary/aromatic N) is 1. The molecule has 1 atom stereocenters. The van der Waals surface area contributed by atoms with E-state index in [9.17, 15) is 4.79 Å². The van der Waals surface area contributed by atoms with Crippen molar-refractivity contribution in [3.63, 3.8) is 0 Å². The Kier molecular flexibility index (Phi) is 4.93. The number of aliphatic hydroxyl groups is 1. The molecule has 0 radical (unpaired) electrons. The lowest BCUT2D eigenvalue weighted by atomic mass is 10.1. The summed E-state index contributed by atoms with van der Waals surface area (Å²) in [6, 6.07) is 8.11. The monoisotopic (exact) mass is 262 g/mol. The number of aliphatic hydroxyl groups excluding tert-OH is 1. The van der Waals surface area contributed by atoms with Crippen molar-refractivity contribution in [2.24, 2.45) is 5.73 Å². The van der Waals surface area contributed by atoms with Gasteiger partial charge in [0.25, 0.3) is 0 Å². The zero-order valence-corrected chi connectivity index (χ0v) is 11.2. The van der Waals surface area contributed by atoms with Crippen molar-refractivity contribution in [3.8, 4) is 0 Å². The van der Waals surface area contributed by atoms with Gasteiger partial charge in [-0.1, -0.05) is 12.1 Å². The highest BCUT2D eigenvalue weighted by atomic mass is 16.2. The van der Waals surface area contributed by atoms with Gasteiger partial charge >= 0.3 is 0 Å². The highest BCUT2D eigenvalue weighted by Gasteiger charge is 2.23. The van der Waals surface area contributed by atoms with Crippen LogP contribution in [0.15, 0.2) is 24.3 Å². The molecule has 1 aromatic rings. The van der Waals surface area contributed by atoms with E-state index < -0.39 is 0 Å². The first-order valence-corrected chi connectivity index (χ1v) is 6.94. The fraction of sp³-hybridized carbons (Fsp3) is 0.533. The third kappa shape index (κ3) is 3.78. The number of hydrogen-bond acceptors (Lipinski definition) is 3. The van der Waals surface area contributed by atoms with E-state index in [-0.39, 0.29) is 12.5 Å². The van der Waals surface area contributed by atoms with Gasteiger partial charge in [0, 0.05) is 24.8 Å². The first-order valence-electron chi connectivity index (χ1n) is 6.94. The van der Waals surface area contributed by atoms with Gasteiger partial charge in [-0.15, -0.1) is 0 Å². The third-order valence-corrected chi connectivity index (χ3v) is 3.79. The van der Waals surface area contributed by atoms with Crippen molar-refractivity contribution >= 4 is 5.91 Å². The molecule has 0 saturated carbocycles. The van der Waals surface area contributed by atoms with E-state index in [0.29, 0.717) is 11.6 Å². The zero-order valence-electron chi connectivity index (χ0n) is 11.2. The summed E-state index contributed by atoms with van der Waals surface area (Å²) in [6.07, 6.45) is 4.33. The van der Waals surface area contributed by atoms with Crippen molar-refractivity contribution in [2.75, 3.05) is 13.2 Å². The van der Waals surface area contributed by atoms with E-state index in [1.54, 1.807) is 6.07 Å². The van der Waals surface area contributed by atoms with Gasteiger partial charge in [0.1, 0.15) is 0 Å². The summed E-state index contributed by atoms with van der Waals surface area (Å²) in [7, 11) is 0. The van der Waals surface area contributed by atoms with Crippen molar-refractivity contribution in [1.82, 2.24) is 4.90 Å². The Morgan fingerprint density at radius 2 is 2.32 bits per heavy atom. The average Bonchev–Trinajstić information content (AvgIpc) is 2.84. The minimum Gasteiger partial charge on any atom is -0.396 e. The van der Waals surface area contributed by atoms with Crippen LogP contribution in [0.25, 0.3) is 0 Å². The predicted octanol–water partition coefficient (Wildman–Crippen LogP) is 1.52. The molecule has 0 bridgehead atoms. The molecule has 0 spiro atoms. The number of amides is 1. The van der Waals surface area contributed by atoms with E-state index in [2.05, 4.69) is 4.90 Å². The van der Waals surface area contributed by atoms with Crippen LogP contribution in [0.3, 0.4) is 0 Å². The van der Waals surface area contributed by atoms with E-state index >= 15 is 0 Å². The van der Waals surface area contributed by atoms with E-state index in [0.717, 1.165) is 31.5 Å². The van der Waals surface area contributed by atoms with Gasteiger partial charge in [-0.3, -0.25) is 9.69 Å². The molecular formula is C15H22N2O2. The van der Waals surface area contributed by atoms with Gasteiger partial charge in [-0.2, -0.15) is 0 Å². The summed E-state index contributed by atoms with van der Waals surface area (Å²) >= 11 is 0. The maximum atomic E-state index is 11.2. The molecule has 0 aromatic heterocycles. The molecule has 104 valence electrons. The van der Waals surface area contributed by atoms with Crippen LogP contribution in [0.1, 0.15) is 41.6 Å². The van der Waals surface area contributed by atoms with Gasteiger partial charge in [-0.25, -0.2) is 0 Å². The van der Waals surface area contributed by atoms with Gasteiger partial charge in [0.2, 0.25) is 5.91 Å². The molecule has 3 N–H and O–H groups in total. The standard InChI is InChI=1S/C15H22N2O2/c16-15(19)13-5-1-4-12(10-13)11-17-8-2-6-14(17)7-3-9-18/h1,4-5,10,14,18H,2-3,6-9,11H2,(H2,16,19). The highest BCUT2D eigenvalue weighted by molar-refractivity contribution is 5.92. The predicted molar refractivity (Wildman–Crippen MR) is 74.7 cm³/mol. The minimum absolute atomic E-state index is 0.265. The summed E-state index contributed by atoms with van der Waals surface area (Å²) in [4.78, 5) is 13.6. The Morgan fingerprint density at radius 1 is 1.47 bits per heavy atom. The number of nitrogens with two attached hydrogens (primary N) is 1. The second-order valence-electron chi connectivity index (χ2n) is 5.20. The van der Waals surface area contributed by atoms with Crippen molar-refractivity contribution in [2.45, 2.75) is 38.3 Å². The summed E-state index contributed by atoms with van der Waals surface area (Å²) in [5.74, 6) is -0.375. The Balaban J connectivity index is 1.99.